The van der Waals surface area contributed by atoms with Crippen molar-refractivity contribution < 1.29 is 41.8 Å². The first-order chi connectivity index (χ1) is 28.6. The molecule has 0 spiro atoms. The third-order valence-electron chi connectivity index (χ3n) is 11.1. The van der Waals surface area contributed by atoms with Gasteiger partial charge in [0.25, 0.3) is 15.9 Å². The molecule has 1 aromatic heterocycles. The number of hydrogen-bond donors (Lipinski definition) is 4. The molecule has 16 heteroatoms. The number of benzene rings is 3. The number of pyridine rings is 1. The van der Waals surface area contributed by atoms with Crippen molar-refractivity contribution in [2.45, 2.75) is 80.2 Å². The molecule has 3 fully saturated rings. The molecule has 15 nitrogen and oxygen atoms in total. The summed E-state index contributed by atoms with van der Waals surface area (Å²) >= 11 is 0. The molecule has 7 rings (SSSR count). The highest BCUT2D eigenvalue weighted by Gasteiger charge is 2.62. The number of fused-ring (bicyclic) bond motifs is 1. The van der Waals surface area contributed by atoms with Gasteiger partial charge in [-0.15, -0.1) is 6.58 Å². The normalized spacial score (nSPS) is 22.3. The highest BCUT2D eigenvalue weighted by atomic mass is 32.2. The highest BCUT2D eigenvalue weighted by Crippen LogP contribution is 2.45. The number of ether oxygens (including phenoxy) is 3. The van der Waals surface area contributed by atoms with Crippen LogP contribution in [0, 0.1) is 5.92 Å². The molecule has 4 aromatic rings. The summed E-state index contributed by atoms with van der Waals surface area (Å²) in [4.78, 5) is 63.0. The van der Waals surface area contributed by atoms with Crippen molar-refractivity contribution in [3.05, 3.63) is 97.6 Å². The summed E-state index contributed by atoms with van der Waals surface area (Å²) in [6.45, 7) is 9.73. The lowest BCUT2D eigenvalue weighted by molar-refractivity contribution is -0.145. The van der Waals surface area contributed by atoms with Crippen LogP contribution in [0.1, 0.15) is 46.5 Å². The minimum atomic E-state index is -4.29. The SMILES string of the molecule is C=CC1CC1(NC(=O)C1CC(Oc2cc(-c3ccccc3)nc3cc(OC)ccc23)CN1C(=O)C1(NC(=O)OC(C)(C)C)CCNCC1)C(=O)NS(=O)(=O)c1ccccc1. The fraction of sp³-hybridized carbons (Fsp3) is 0.386. The summed E-state index contributed by atoms with van der Waals surface area (Å²) in [6, 6.07) is 23.0. The maximum atomic E-state index is 15.0. The van der Waals surface area contributed by atoms with Gasteiger partial charge in [0.2, 0.25) is 11.8 Å². The van der Waals surface area contributed by atoms with Crippen LogP contribution in [0.25, 0.3) is 22.2 Å². The van der Waals surface area contributed by atoms with E-state index in [2.05, 4.69) is 27.3 Å². The summed E-state index contributed by atoms with van der Waals surface area (Å²) in [7, 11) is -2.72. The summed E-state index contributed by atoms with van der Waals surface area (Å²) in [5.74, 6) is -1.68. The molecule has 316 valence electrons. The molecule has 3 aliphatic rings. The van der Waals surface area contributed by atoms with Gasteiger partial charge < -0.3 is 35.1 Å². The fourth-order valence-electron chi connectivity index (χ4n) is 7.92. The average Bonchev–Trinajstić information content (AvgIpc) is 3.79. The Bertz CT molecular complexity index is 2400. The van der Waals surface area contributed by atoms with Crippen LogP contribution in [0.5, 0.6) is 11.5 Å². The van der Waals surface area contributed by atoms with Gasteiger partial charge in [-0.1, -0.05) is 54.6 Å². The molecule has 3 aromatic carbocycles. The Morgan fingerprint density at radius 3 is 2.27 bits per heavy atom. The molecule has 4 atom stereocenters. The second kappa shape index (κ2) is 16.6. The van der Waals surface area contributed by atoms with Gasteiger partial charge in [0.15, 0.2) is 0 Å². The molecule has 4 N–H and O–H groups in total. The highest BCUT2D eigenvalue weighted by molar-refractivity contribution is 7.90. The predicted molar refractivity (Wildman–Crippen MR) is 223 cm³/mol. The lowest BCUT2D eigenvalue weighted by Gasteiger charge is -2.41. The molecule has 1 aliphatic carbocycles. The van der Waals surface area contributed by atoms with Crippen molar-refractivity contribution in [2.75, 3.05) is 26.7 Å². The van der Waals surface area contributed by atoms with Crippen molar-refractivity contribution >= 4 is 44.7 Å². The summed E-state index contributed by atoms with van der Waals surface area (Å²) < 4.78 is 46.4. The van der Waals surface area contributed by atoms with Crippen molar-refractivity contribution in [3.8, 4) is 22.8 Å². The number of methoxy groups -OCH3 is 1. The Morgan fingerprint density at radius 2 is 1.63 bits per heavy atom. The van der Waals surface area contributed by atoms with Crippen molar-refractivity contribution in [3.63, 3.8) is 0 Å². The standard InChI is InChI=1S/C44H50N6O9S/c1-6-29-26-44(29,39(52)49-60(55,56)32-15-11-8-12-16-32)47-38(51)36-24-31(27-50(36)40(53)43(19-21-45-22-20-43)48-41(54)59-42(2,3)4)58-37-25-34(28-13-9-7-10-14-28)46-35-23-30(57-5)17-18-33(35)37/h6-18,23,25,29,31,36,45H,1,19-22,24,26-27H2,2-5H3,(H,47,51)(H,48,54)(H,49,52). The van der Waals surface area contributed by atoms with Crippen LogP contribution in [-0.2, 0) is 29.1 Å². The van der Waals surface area contributed by atoms with E-state index in [-0.39, 0.29) is 37.1 Å². The number of nitrogens with zero attached hydrogens (tertiary/aromatic N) is 2. The van der Waals surface area contributed by atoms with E-state index >= 15 is 4.79 Å². The molecular formula is C44H50N6O9S. The number of alkyl carbamates (subject to hydrolysis) is 1. The first-order valence-corrected chi connectivity index (χ1v) is 21.4. The van der Waals surface area contributed by atoms with E-state index < -0.39 is 68.6 Å². The maximum absolute atomic E-state index is 15.0. The largest absolute Gasteiger partial charge is 0.497 e. The van der Waals surface area contributed by atoms with Crippen LogP contribution in [0.3, 0.4) is 0 Å². The fourth-order valence-corrected chi connectivity index (χ4v) is 8.98. The summed E-state index contributed by atoms with van der Waals surface area (Å²) in [5, 5.41) is 9.59. The van der Waals surface area contributed by atoms with Crippen LogP contribution >= 0.6 is 0 Å². The molecule has 0 radical (unpaired) electrons. The zero-order valence-electron chi connectivity index (χ0n) is 34.0. The molecule has 4 unspecified atom stereocenters. The lowest BCUT2D eigenvalue weighted by Crippen LogP contribution is -2.66. The van der Waals surface area contributed by atoms with Gasteiger partial charge in [0, 0.05) is 35.4 Å². The van der Waals surface area contributed by atoms with Crippen LogP contribution in [0.15, 0.2) is 102 Å². The number of hydrogen-bond acceptors (Lipinski definition) is 11. The topological polar surface area (TPSA) is 194 Å². The quantitative estimate of drug-likeness (QED) is 0.147. The number of carbonyl (C=O) groups is 4. The Labute approximate surface area is 349 Å². The second-order valence-corrected chi connectivity index (χ2v) is 18.1. The lowest BCUT2D eigenvalue weighted by atomic mass is 9.86. The smallest absolute Gasteiger partial charge is 0.408 e. The number of likely N-dealkylation sites (tertiary alicyclic amines) is 1. The number of rotatable bonds is 12. The first-order valence-electron chi connectivity index (χ1n) is 19.9. The van der Waals surface area contributed by atoms with Gasteiger partial charge in [0.05, 0.1) is 29.8 Å². The maximum Gasteiger partial charge on any atom is 0.408 e. The van der Waals surface area contributed by atoms with E-state index in [1.54, 1.807) is 46.1 Å². The molecule has 60 heavy (non-hydrogen) atoms. The van der Waals surface area contributed by atoms with Crippen molar-refractivity contribution in [2.24, 2.45) is 5.92 Å². The van der Waals surface area contributed by atoms with E-state index in [0.29, 0.717) is 41.2 Å². The van der Waals surface area contributed by atoms with E-state index in [0.717, 1.165) is 5.56 Å². The monoisotopic (exact) mass is 838 g/mol. The minimum absolute atomic E-state index is 0.00223. The van der Waals surface area contributed by atoms with E-state index in [9.17, 15) is 22.8 Å². The summed E-state index contributed by atoms with van der Waals surface area (Å²) in [5.41, 5.74) is -1.87. The Balaban J connectivity index is 1.23. The second-order valence-electron chi connectivity index (χ2n) is 16.4. The van der Waals surface area contributed by atoms with E-state index in [1.165, 1.54) is 35.2 Å². The van der Waals surface area contributed by atoms with Gasteiger partial charge in [-0.05, 0) is 77.4 Å². The van der Waals surface area contributed by atoms with Crippen molar-refractivity contribution in [1.82, 2.24) is 30.6 Å². The van der Waals surface area contributed by atoms with E-state index in [1.807, 2.05) is 42.5 Å². The molecule has 0 bridgehead atoms. The number of aromatic nitrogens is 1. The minimum Gasteiger partial charge on any atom is -0.497 e. The van der Waals surface area contributed by atoms with Crippen molar-refractivity contribution in [1.29, 1.82) is 0 Å². The third kappa shape index (κ3) is 8.80. The van der Waals surface area contributed by atoms with Gasteiger partial charge >= 0.3 is 6.09 Å². The molecule has 2 saturated heterocycles. The number of sulfonamides is 1. The third-order valence-corrected chi connectivity index (χ3v) is 12.5. The molecular weight excluding hydrogens is 789 g/mol. The number of carbonyl (C=O) groups excluding carboxylic acids is 4. The van der Waals surface area contributed by atoms with Crippen LogP contribution in [0.4, 0.5) is 4.79 Å². The summed E-state index contributed by atoms with van der Waals surface area (Å²) in [6.07, 6.45) is 0.462. The first kappa shape index (κ1) is 42.1. The molecule has 2 aliphatic heterocycles. The van der Waals surface area contributed by atoms with Crippen LogP contribution in [-0.4, -0.2) is 97.7 Å². The van der Waals surface area contributed by atoms with E-state index in [4.69, 9.17) is 19.2 Å². The molecule has 4 amide bonds. The van der Waals surface area contributed by atoms with Gasteiger partial charge in [-0.3, -0.25) is 14.4 Å². The van der Waals surface area contributed by atoms with Gasteiger partial charge in [0.1, 0.15) is 40.3 Å². The zero-order chi connectivity index (χ0) is 42.9. The number of amides is 4. The Hall–Kier alpha value is -6.00. The number of nitrogens with one attached hydrogen (secondary N) is 4. The Morgan fingerprint density at radius 1 is 0.950 bits per heavy atom. The average molecular weight is 839 g/mol. The Kier molecular flexibility index (Phi) is 11.6. The van der Waals surface area contributed by atoms with Gasteiger partial charge in [-0.2, -0.15) is 0 Å². The van der Waals surface area contributed by atoms with Crippen LogP contribution < -0.4 is 30.1 Å². The molecule has 1 saturated carbocycles. The van der Waals surface area contributed by atoms with Crippen LogP contribution in [0.2, 0.25) is 0 Å². The van der Waals surface area contributed by atoms with Gasteiger partial charge in [-0.25, -0.2) is 22.9 Å². The number of piperidine rings is 1. The molecule has 3 heterocycles. The zero-order valence-corrected chi connectivity index (χ0v) is 34.8. The predicted octanol–water partition coefficient (Wildman–Crippen LogP) is 4.47.